The molecule has 3 N–H and O–H groups in total. The second-order valence-electron chi connectivity index (χ2n) is 4.57. The van der Waals surface area contributed by atoms with Crippen LogP contribution in [0.2, 0.25) is 0 Å². The molecule has 6 nitrogen and oxygen atoms in total. The first kappa shape index (κ1) is 16.9. The molecule has 0 aliphatic carbocycles. The Morgan fingerprint density at radius 1 is 1.04 bits per heavy atom. The lowest BCUT2D eigenvalue weighted by atomic mass is 10.1. The van der Waals surface area contributed by atoms with E-state index in [4.69, 9.17) is 10.8 Å². The molecule has 0 atom stereocenters. The van der Waals surface area contributed by atoms with E-state index in [-0.39, 0.29) is 16.8 Å². The molecule has 0 aliphatic rings. The summed E-state index contributed by atoms with van der Waals surface area (Å²) in [4.78, 5) is 28.3. The molecule has 2 heterocycles. The summed E-state index contributed by atoms with van der Waals surface area (Å²) in [5, 5.41) is 8.66. The molecule has 0 saturated carbocycles. The molecule has 8 heteroatoms. The number of nitrogens with zero attached hydrogens (tertiary/aromatic N) is 2. The van der Waals surface area contributed by atoms with Gasteiger partial charge in [-0.25, -0.2) is 18.6 Å². The monoisotopic (exact) mass is 331 g/mol. The first-order chi connectivity index (χ1) is 11.4. The van der Waals surface area contributed by atoms with Crippen molar-refractivity contribution in [3.8, 4) is 0 Å². The quantitative estimate of drug-likeness (QED) is 0.750. The van der Waals surface area contributed by atoms with Gasteiger partial charge in [-0.15, -0.1) is 0 Å². The van der Waals surface area contributed by atoms with Crippen LogP contribution >= 0.6 is 0 Å². The van der Waals surface area contributed by atoms with E-state index in [1.54, 1.807) is 12.1 Å². The number of hydrogen-bond donors (Lipinski definition) is 2. The third-order valence-corrected chi connectivity index (χ3v) is 2.89. The molecule has 122 valence electrons. The molecule has 0 fully saturated rings. The second kappa shape index (κ2) is 7.23. The highest BCUT2D eigenvalue weighted by Gasteiger charge is 2.07. The molecule has 1 aromatic carbocycles. The lowest BCUT2D eigenvalue weighted by Gasteiger charge is -2.00. The molecule has 0 unspecified atom stereocenters. The number of carbonyl (C=O) groups excluding carboxylic acids is 1. The zero-order valence-corrected chi connectivity index (χ0v) is 12.1. The number of carboxylic acids is 1. The van der Waals surface area contributed by atoms with Gasteiger partial charge in [0.15, 0.2) is 11.6 Å². The smallest absolute Gasteiger partial charge is 0.354 e. The number of primary amides is 1. The van der Waals surface area contributed by atoms with Crippen LogP contribution in [0.15, 0.2) is 48.8 Å². The van der Waals surface area contributed by atoms with Crippen molar-refractivity contribution in [3.05, 3.63) is 71.7 Å². The minimum Gasteiger partial charge on any atom is -0.477 e. The maximum atomic E-state index is 12.9. The van der Waals surface area contributed by atoms with Gasteiger partial charge in [-0.1, -0.05) is 6.07 Å². The highest BCUT2D eigenvalue weighted by molar-refractivity contribution is 5.96. The largest absolute Gasteiger partial charge is 0.477 e. The number of hydrogen-bond acceptors (Lipinski definition) is 4. The number of nitrogens with two attached hydrogens (primary N) is 1. The summed E-state index contributed by atoms with van der Waals surface area (Å²) in [6, 6.07) is 8.07. The maximum Gasteiger partial charge on any atom is 0.354 e. The van der Waals surface area contributed by atoms with Gasteiger partial charge in [-0.3, -0.25) is 9.78 Å². The average molecular weight is 331 g/mol. The Kier molecular flexibility index (Phi) is 5.10. The van der Waals surface area contributed by atoms with Crippen LogP contribution in [0.3, 0.4) is 0 Å². The Morgan fingerprint density at radius 3 is 2.29 bits per heavy atom. The molecule has 0 spiro atoms. The zero-order valence-electron chi connectivity index (χ0n) is 12.1. The van der Waals surface area contributed by atoms with E-state index in [1.165, 1.54) is 24.5 Å². The third-order valence-electron chi connectivity index (χ3n) is 2.89. The van der Waals surface area contributed by atoms with Crippen molar-refractivity contribution in [1.82, 2.24) is 9.97 Å². The molecular formula is C16H11F2N3O3. The van der Waals surface area contributed by atoms with Crippen molar-refractivity contribution in [2.24, 2.45) is 5.73 Å². The maximum absolute atomic E-state index is 12.9. The van der Waals surface area contributed by atoms with Crippen LogP contribution in [-0.4, -0.2) is 27.0 Å². The number of amides is 1. The molecule has 0 radical (unpaired) electrons. The fourth-order valence-corrected chi connectivity index (χ4v) is 1.75. The molecule has 1 amide bonds. The lowest BCUT2D eigenvalue weighted by Crippen LogP contribution is -2.11. The van der Waals surface area contributed by atoms with Crippen LogP contribution in [0, 0.1) is 11.6 Å². The van der Waals surface area contributed by atoms with Crippen LogP contribution < -0.4 is 5.73 Å². The average Bonchev–Trinajstić information content (AvgIpc) is 2.57. The zero-order chi connectivity index (χ0) is 17.7. The van der Waals surface area contributed by atoms with Gasteiger partial charge in [0.2, 0.25) is 5.91 Å². The number of carbonyl (C=O) groups is 2. The SMILES string of the molecule is NC(=O)c1cnc2cc(F)c(F)cc2c1.O=C(O)c1ccccn1. The van der Waals surface area contributed by atoms with Gasteiger partial charge in [0.1, 0.15) is 5.69 Å². The molecule has 0 aliphatic heterocycles. The first-order valence-corrected chi connectivity index (χ1v) is 6.57. The van der Waals surface area contributed by atoms with Gasteiger partial charge in [0, 0.05) is 23.8 Å². The van der Waals surface area contributed by atoms with Gasteiger partial charge >= 0.3 is 5.97 Å². The highest BCUT2D eigenvalue weighted by Crippen LogP contribution is 2.17. The van der Waals surface area contributed by atoms with Crippen molar-refractivity contribution in [1.29, 1.82) is 0 Å². The van der Waals surface area contributed by atoms with E-state index < -0.39 is 23.5 Å². The number of rotatable bonds is 2. The summed E-state index contributed by atoms with van der Waals surface area (Å²) in [5.74, 6) is -3.60. The molecule has 0 bridgehead atoms. The predicted octanol–water partition coefficient (Wildman–Crippen LogP) is 2.39. The van der Waals surface area contributed by atoms with Gasteiger partial charge in [-0.05, 0) is 24.3 Å². The van der Waals surface area contributed by atoms with E-state index in [0.717, 1.165) is 12.1 Å². The Balaban J connectivity index is 0.000000198. The molecule has 24 heavy (non-hydrogen) atoms. The van der Waals surface area contributed by atoms with Crippen LogP contribution in [0.1, 0.15) is 20.8 Å². The van der Waals surface area contributed by atoms with E-state index >= 15 is 0 Å². The summed E-state index contributed by atoms with van der Waals surface area (Å²) >= 11 is 0. The number of pyridine rings is 2. The number of aromatic nitrogens is 2. The van der Waals surface area contributed by atoms with E-state index in [2.05, 4.69) is 9.97 Å². The number of aromatic carboxylic acids is 1. The summed E-state index contributed by atoms with van der Waals surface area (Å²) < 4.78 is 25.7. The number of halogens is 2. The molecule has 3 rings (SSSR count). The van der Waals surface area contributed by atoms with Crippen LogP contribution in [0.25, 0.3) is 10.9 Å². The minimum atomic E-state index is -0.990. The summed E-state index contributed by atoms with van der Waals surface area (Å²) in [6.45, 7) is 0. The summed E-state index contributed by atoms with van der Waals surface area (Å²) in [7, 11) is 0. The Bertz CT molecular complexity index is 902. The van der Waals surface area contributed by atoms with Crippen molar-refractivity contribution < 1.29 is 23.5 Å². The Labute approximate surface area is 134 Å². The highest BCUT2D eigenvalue weighted by atomic mass is 19.2. The fraction of sp³-hybridized carbons (Fsp3) is 0. The minimum absolute atomic E-state index is 0.0810. The fourth-order valence-electron chi connectivity index (χ4n) is 1.75. The van der Waals surface area contributed by atoms with E-state index in [0.29, 0.717) is 5.39 Å². The Hall–Kier alpha value is -3.42. The topological polar surface area (TPSA) is 106 Å². The first-order valence-electron chi connectivity index (χ1n) is 6.57. The normalized spacial score (nSPS) is 9.92. The van der Waals surface area contributed by atoms with Crippen molar-refractivity contribution in [2.45, 2.75) is 0 Å². The molecule has 2 aromatic heterocycles. The molecule has 0 saturated heterocycles. The molecule has 3 aromatic rings. The summed E-state index contributed by atoms with van der Waals surface area (Å²) in [5.41, 5.74) is 5.54. The van der Waals surface area contributed by atoms with Crippen molar-refractivity contribution in [3.63, 3.8) is 0 Å². The van der Waals surface area contributed by atoms with E-state index in [9.17, 15) is 18.4 Å². The lowest BCUT2D eigenvalue weighted by molar-refractivity contribution is 0.0690. The molecular weight excluding hydrogens is 320 g/mol. The summed E-state index contributed by atoms with van der Waals surface area (Å²) in [6.07, 6.45) is 2.67. The third kappa shape index (κ3) is 4.07. The standard InChI is InChI=1S/C10H6F2N2O.C6H5NO2/c11-7-2-5-1-6(10(13)15)4-14-9(5)3-8(7)12;8-6(9)5-3-1-2-4-7-5/h1-4H,(H2,13,15);1-4H,(H,8,9). The van der Waals surface area contributed by atoms with E-state index in [1.807, 2.05) is 0 Å². The van der Waals surface area contributed by atoms with Crippen LogP contribution in [-0.2, 0) is 0 Å². The number of fused-ring (bicyclic) bond motifs is 1. The van der Waals surface area contributed by atoms with Crippen LogP contribution in [0.4, 0.5) is 8.78 Å². The van der Waals surface area contributed by atoms with Gasteiger partial charge in [-0.2, -0.15) is 0 Å². The predicted molar refractivity (Wildman–Crippen MR) is 81.4 cm³/mol. The Morgan fingerprint density at radius 2 is 1.75 bits per heavy atom. The van der Waals surface area contributed by atoms with Gasteiger partial charge in [0.25, 0.3) is 0 Å². The number of carboxylic acid groups (broad SMARTS) is 1. The second-order valence-corrected chi connectivity index (χ2v) is 4.57. The van der Waals surface area contributed by atoms with Gasteiger partial charge < -0.3 is 10.8 Å². The van der Waals surface area contributed by atoms with Crippen LogP contribution in [0.5, 0.6) is 0 Å². The van der Waals surface area contributed by atoms with Crippen molar-refractivity contribution >= 4 is 22.8 Å². The van der Waals surface area contributed by atoms with Gasteiger partial charge in [0.05, 0.1) is 11.1 Å². The van der Waals surface area contributed by atoms with Crippen molar-refractivity contribution in [2.75, 3.05) is 0 Å². The number of benzene rings is 1.